The van der Waals surface area contributed by atoms with E-state index in [1.54, 1.807) is 7.11 Å². The molecule has 1 N–H and O–H groups in total. The van der Waals surface area contributed by atoms with Gasteiger partial charge < -0.3 is 15.0 Å². The Morgan fingerprint density at radius 1 is 1.43 bits per heavy atom. The Bertz CT molecular complexity index is 450. The average molecular weight is 311 g/mol. The van der Waals surface area contributed by atoms with E-state index in [-0.39, 0.29) is 0 Å². The lowest BCUT2D eigenvalue weighted by Crippen LogP contribution is -2.22. The van der Waals surface area contributed by atoms with Gasteiger partial charge in [0.05, 0.1) is 17.3 Å². The molecule has 1 heterocycles. The summed E-state index contributed by atoms with van der Waals surface area (Å²) < 4.78 is 5.25. The van der Waals surface area contributed by atoms with Gasteiger partial charge in [-0.25, -0.2) is 0 Å². The molecule has 1 fully saturated rings. The summed E-state index contributed by atoms with van der Waals surface area (Å²) in [5, 5.41) is 4.31. The van der Waals surface area contributed by atoms with Crippen LogP contribution >= 0.6 is 11.6 Å². The third kappa shape index (κ3) is 4.87. The Balaban J connectivity index is 1.93. The summed E-state index contributed by atoms with van der Waals surface area (Å²) in [5.74, 6) is 1.29. The predicted molar refractivity (Wildman–Crippen MR) is 90.2 cm³/mol. The molecule has 1 aliphatic rings. The number of anilines is 1. The van der Waals surface area contributed by atoms with Gasteiger partial charge in [-0.05, 0) is 36.6 Å². The highest BCUT2D eigenvalue weighted by Crippen LogP contribution is 2.31. The number of ether oxygens (including phenoxy) is 1. The van der Waals surface area contributed by atoms with Crippen LogP contribution in [0.3, 0.4) is 0 Å². The zero-order chi connectivity index (χ0) is 15.2. The van der Waals surface area contributed by atoms with Gasteiger partial charge in [-0.2, -0.15) is 0 Å². The SMILES string of the molecule is COCC1CCN(c2ccc(CNCC(C)C)cc2Cl)C1. The Hall–Kier alpha value is -0.770. The Kier molecular flexibility index (Phi) is 6.34. The Morgan fingerprint density at radius 3 is 2.90 bits per heavy atom. The van der Waals surface area contributed by atoms with E-state index < -0.39 is 0 Å². The van der Waals surface area contributed by atoms with E-state index in [9.17, 15) is 0 Å². The highest BCUT2D eigenvalue weighted by atomic mass is 35.5. The summed E-state index contributed by atoms with van der Waals surface area (Å²) in [6, 6.07) is 6.43. The monoisotopic (exact) mass is 310 g/mol. The molecule has 0 aliphatic carbocycles. The third-order valence-corrected chi connectivity index (χ3v) is 4.23. The molecule has 0 radical (unpaired) electrons. The number of halogens is 1. The molecule has 21 heavy (non-hydrogen) atoms. The van der Waals surface area contributed by atoms with E-state index in [1.165, 1.54) is 12.0 Å². The van der Waals surface area contributed by atoms with E-state index >= 15 is 0 Å². The van der Waals surface area contributed by atoms with Crippen LogP contribution in [-0.2, 0) is 11.3 Å². The fourth-order valence-electron chi connectivity index (χ4n) is 2.85. The van der Waals surface area contributed by atoms with Crippen molar-refractivity contribution in [2.24, 2.45) is 11.8 Å². The summed E-state index contributed by atoms with van der Waals surface area (Å²) in [6.45, 7) is 9.29. The van der Waals surface area contributed by atoms with Crippen molar-refractivity contribution in [2.75, 3.05) is 38.3 Å². The zero-order valence-electron chi connectivity index (χ0n) is 13.4. The van der Waals surface area contributed by atoms with E-state index in [4.69, 9.17) is 16.3 Å². The number of hydrogen-bond donors (Lipinski definition) is 1. The molecule has 1 unspecified atom stereocenters. The molecular weight excluding hydrogens is 284 g/mol. The molecule has 118 valence electrons. The highest BCUT2D eigenvalue weighted by molar-refractivity contribution is 6.33. The number of rotatable bonds is 7. The quantitative estimate of drug-likeness (QED) is 0.833. The maximum Gasteiger partial charge on any atom is 0.0642 e. The number of hydrogen-bond acceptors (Lipinski definition) is 3. The minimum absolute atomic E-state index is 0.624. The van der Waals surface area contributed by atoms with Gasteiger partial charge in [0.25, 0.3) is 0 Å². The summed E-state index contributed by atoms with van der Waals surface area (Å²) in [6.07, 6.45) is 1.18. The Morgan fingerprint density at radius 2 is 2.24 bits per heavy atom. The zero-order valence-corrected chi connectivity index (χ0v) is 14.1. The molecular formula is C17H27ClN2O. The lowest BCUT2D eigenvalue weighted by atomic mass is 10.1. The largest absolute Gasteiger partial charge is 0.384 e. The van der Waals surface area contributed by atoms with Crippen molar-refractivity contribution < 1.29 is 4.74 Å². The predicted octanol–water partition coefficient (Wildman–Crippen LogP) is 3.56. The van der Waals surface area contributed by atoms with Crippen LogP contribution in [-0.4, -0.2) is 33.4 Å². The number of nitrogens with one attached hydrogen (secondary N) is 1. The smallest absolute Gasteiger partial charge is 0.0642 e. The van der Waals surface area contributed by atoms with Crippen molar-refractivity contribution in [1.29, 1.82) is 0 Å². The summed E-state index contributed by atoms with van der Waals surface area (Å²) >= 11 is 6.48. The van der Waals surface area contributed by atoms with Crippen LogP contribution in [0.5, 0.6) is 0 Å². The second-order valence-electron chi connectivity index (χ2n) is 6.37. The van der Waals surface area contributed by atoms with Crippen molar-refractivity contribution in [2.45, 2.75) is 26.8 Å². The van der Waals surface area contributed by atoms with Gasteiger partial charge in [0.2, 0.25) is 0 Å². The Labute approximate surface area is 133 Å². The molecule has 2 rings (SSSR count). The van der Waals surface area contributed by atoms with Gasteiger partial charge in [0.1, 0.15) is 0 Å². The fraction of sp³-hybridized carbons (Fsp3) is 0.647. The minimum Gasteiger partial charge on any atom is -0.384 e. The van der Waals surface area contributed by atoms with Gasteiger partial charge in [0.15, 0.2) is 0 Å². The second kappa shape index (κ2) is 8.02. The number of benzene rings is 1. The van der Waals surface area contributed by atoms with Gasteiger partial charge in [0, 0.05) is 32.7 Å². The molecule has 0 bridgehead atoms. The van der Waals surface area contributed by atoms with Crippen molar-refractivity contribution in [3.05, 3.63) is 28.8 Å². The molecule has 4 heteroatoms. The molecule has 0 aromatic heterocycles. The van der Waals surface area contributed by atoms with Gasteiger partial charge in [-0.15, -0.1) is 0 Å². The van der Waals surface area contributed by atoms with Crippen LogP contribution in [0.15, 0.2) is 18.2 Å². The summed E-state index contributed by atoms with van der Waals surface area (Å²) in [5.41, 5.74) is 2.40. The standard InChI is InChI=1S/C17H27ClN2O/c1-13(2)9-19-10-14-4-5-17(16(18)8-14)20-7-6-15(11-20)12-21-3/h4-5,8,13,15,19H,6-7,9-12H2,1-3H3. The summed E-state index contributed by atoms with van der Waals surface area (Å²) in [4.78, 5) is 2.37. The van der Waals surface area contributed by atoms with E-state index in [1.807, 2.05) is 0 Å². The van der Waals surface area contributed by atoms with E-state index in [2.05, 4.69) is 42.3 Å². The molecule has 1 saturated heterocycles. The second-order valence-corrected chi connectivity index (χ2v) is 6.77. The normalized spacial score (nSPS) is 18.7. The molecule has 0 spiro atoms. The van der Waals surface area contributed by atoms with Crippen LogP contribution in [0.1, 0.15) is 25.8 Å². The van der Waals surface area contributed by atoms with Crippen LogP contribution in [0, 0.1) is 11.8 Å². The fourth-order valence-corrected chi connectivity index (χ4v) is 3.17. The maximum atomic E-state index is 6.48. The van der Waals surface area contributed by atoms with Gasteiger partial charge in [-0.1, -0.05) is 31.5 Å². The first-order valence-corrected chi connectivity index (χ1v) is 8.21. The topological polar surface area (TPSA) is 24.5 Å². The maximum absolute atomic E-state index is 6.48. The van der Waals surface area contributed by atoms with Crippen LogP contribution in [0.4, 0.5) is 5.69 Å². The molecule has 0 saturated carbocycles. The molecule has 0 amide bonds. The summed E-state index contributed by atoms with van der Waals surface area (Å²) in [7, 11) is 1.77. The van der Waals surface area contributed by atoms with Crippen LogP contribution in [0.2, 0.25) is 5.02 Å². The van der Waals surface area contributed by atoms with Crippen LogP contribution in [0.25, 0.3) is 0 Å². The van der Waals surface area contributed by atoms with Crippen molar-refractivity contribution in [1.82, 2.24) is 5.32 Å². The van der Waals surface area contributed by atoms with E-state index in [0.29, 0.717) is 11.8 Å². The minimum atomic E-state index is 0.624. The van der Waals surface area contributed by atoms with E-state index in [0.717, 1.165) is 43.5 Å². The lowest BCUT2D eigenvalue weighted by Gasteiger charge is -2.20. The first-order chi connectivity index (χ1) is 10.1. The van der Waals surface area contributed by atoms with Crippen molar-refractivity contribution in [3.63, 3.8) is 0 Å². The lowest BCUT2D eigenvalue weighted by molar-refractivity contribution is 0.161. The molecule has 1 aromatic carbocycles. The highest BCUT2D eigenvalue weighted by Gasteiger charge is 2.23. The molecule has 1 atom stereocenters. The molecule has 1 aromatic rings. The van der Waals surface area contributed by atoms with Crippen molar-refractivity contribution in [3.8, 4) is 0 Å². The molecule has 1 aliphatic heterocycles. The third-order valence-electron chi connectivity index (χ3n) is 3.92. The van der Waals surface area contributed by atoms with Crippen molar-refractivity contribution >= 4 is 17.3 Å². The first-order valence-electron chi connectivity index (χ1n) is 7.83. The first kappa shape index (κ1) is 16.6. The van der Waals surface area contributed by atoms with Gasteiger partial charge >= 0.3 is 0 Å². The van der Waals surface area contributed by atoms with Crippen LogP contribution < -0.4 is 10.2 Å². The number of nitrogens with zero attached hydrogens (tertiary/aromatic N) is 1. The number of methoxy groups -OCH3 is 1. The average Bonchev–Trinajstić information content (AvgIpc) is 2.87. The van der Waals surface area contributed by atoms with Gasteiger partial charge in [-0.3, -0.25) is 0 Å². The molecule has 3 nitrogen and oxygen atoms in total.